The number of aromatic carboxylic acids is 2. The molecule has 0 spiro atoms. The fourth-order valence-corrected chi connectivity index (χ4v) is 1.36. The first-order chi connectivity index (χ1) is 6.86. The fraction of sp³-hybridized carbons (Fsp3) is 0.200. The molecule has 0 saturated heterocycles. The smallest absolute Gasteiger partial charge is 0.338 e. The van der Waals surface area contributed by atoms with Gasteiger partial charge in [-0.05, 0) is 31.0 Å². The molecule has 5 heteroatoms. The standard InChI is InChI=1S/C10H9FO4/c1-4-3-6(9(12)13)5(2)7(8(4)11)10(14)15/h3H,1-2H3,(H,12,13)(H,14,15). The zero-order valence-electron chi connectivity index (χ0n) is 8.17. The van der Waals surface area contributed by atoms with Crippen LogP contribution in [0.5, 0.6) is 0 Å². The monoisotopic (exact) mass is 212 g/mol. The van der Waals surface area contributed by atoms with Crippen molar-refractivity contribution in [3.63, 3.8) is 0 Å². The number of rotatable bonds is 2. The molecule has 4 nitrogen and oxygen atoms in total. The van der Waals surface area contributed by atoms with E-state index in [4.69, 9.17) is 10.2 Å². The van der Waals surface area contributed by atoms with Gasteiger partial charge in [0.05, 0.1) is 11.1 Å². The zero-order valence-corrected chi connectivity index (χ0v) is 8.17. The van der Waals surface area contributed by atoms with E-state index in [0.29, 0.717) is 0 Å². The molecule has 2 N–H and O–H groups in total. The highest BCUT2D eigenvalue weighted by atomic mass is 19.1. The molecule has 0 atom stereocenters. The van der Waals surface area contributed by atoms with Gasteiger partial charge >= 0.3 is 11.9 Å². The molecule has 15 heavy (non-hydrogen) atoms. The van der Waals surface area contributed by atoms with Crippen LogP contribution in [0, 0.1) is 19.7 Å². The molecule has 0 aliphatic carbocycles. The predicted octanol–water partition coefficient (Wildman–Crippen LogP) is 1.84. The van der Waals surface area contributed by atoms with Crippen LogP contribution in [-0.2, 0) is 0 Å². The molecule has 0 radical (unpaired) electrons. The van der Waals surface area contributed by atoms with Gasteiger partial charge in [0.25, 0.3) is 0 Å². The van der Waals surface area contributed by atoms with Gasteiger partial charge in [-0.3, -0.25) is 0 Å². The van der Waals surface area contributed by atoms with Crippen molar-refractivity contribution in [2.75, 3.05) is 0 Å². The van der Waals surface area contributed by atoms with Crippen LogP contribution < -0.4 is 0 Å². The van der Waals surface area contributed by atoms with Crippen LogP contribution in [0.4, 0.5) is 4.39 Å². The first-order valence-electron chi connectivity index (χ1n) is 4.12. The quantitative estimate of drug-likeness (QED) is 0.784. The van der Waals surface area contributed by atoms with Crippen molar-refractivity contribution in [2.45, 2.75) is 13.8 Å². The third-order valence-electron chi connectivity index (χ3n) is 2.15. The SMILES string of the molecule is Cc1cc(C(=O)O)c(C)c(C(=O)O)c1F. The highest BCUT2D eigenvalue weighted by molar-refractivity contribution is 5.97. The van der Waals surface area contributed by atoms with Crippen molar-refractivity contribution in [3.05, 3.63) is 34.1 Å². The summed E-state index contributed by atoms with van der Waals surface area (Å²) in [6, 6.07) is 1.12. The van der Waals surface area contributed by atoms with E-state index < -0.39 is 23.3 Å². The summed E-state index contributed by atoms with van der Waals surface area (Å²) in [5.74, 6) is -3.61. The Kier molecular flexibility index (Phi) is 2.74. The lowest BCUT2D eigenvalue weighted by molar-refractivity contribution is 0.0690. The number of hydrogen-bond acceptors (Lipinski definition) is 2. The molecule has 1 aromatic carbocycles. The lowest BCUT2D eigenvalue weighted by atomic mass is 9.98. The van der Waals surface area contributed by atoms with Gasteiger partial charge < -0.3 is 10.2 Å². The second kappa shape index (κ2) is 3.68. The highest BCUT2D eigenvalue weighted by Gasteiger charge is 2.21. The minimum Gasteiger partial charge on any atom is -0.478 e. The van der Waals surface area contributed by atoms with Gasteiger partial charge in [-0.25, -0.2) is 14.0 Å². The minimum absolute atomic E-state index is 0.00963. The molecule has 1 aromatic rings. The first-order valence-corrected chi connectivity index (χ1v) is 4.12. The summed E-state index contributed by atoms with van der Waals surface area (Å²) in [6.45, 7) is 2.60. The minimum atomic E-state index is -1.46. The number of carboxylic acid groups (broad SMARTS) is 2. The number of halogens is 1. The molecule has 0 saturated carbocycles. The van der Waals surface area contributed by atoms with Crippen LogP contribution in [0.15, 0.2) is 6.07 Å². The molecule has 80 valence electrons. The molecule has 1 rings (SSSR count). The van der Waals surface area contributed by atoms with Crippen LogP contribution in [0.2, 0.25) is 0 Å². The van der Waals surface area contributed by atoms with Crippen LogP contribution in [0.3, 0.4) is 0 Å². The lowest BCUT2D eigenvalue weighted by Gasteiger charge is -2.08. The molecule has 0 aromatic heterocycles. The van der Waals surface area contributed by atoms with E-state index in [1.807, 2.05) is 0 Å². The second-order valence-electron chi connectivity index (χ2n) is 3.17. The molecule has 0 amide bonds. The third-order valence-corrected chi connectivity index (χ3v) is 2.15. The Labute approximate surface area is 85.0 Å². The summed E-state index contributed by atoms with van der Waals surface area (Å²) in [5, 5.41) is 17.5. The van der Waals surface area contributed by atoms with Crippen LogP contribution in [0.25, 0.3) is 0 Å². The van der Waals surface area contributed by atoms with Gasteiger partial charge in [-0.15, -0.1) is 0 Å². The third kappa shape index (κ3) is 1.81. The molecular weight excluding hydrogens is 203 g/mol. The summed E-state index contributed by atoms with van der Waals surface area (Å²) in [7, 11) is 0. The average molecular weight is 212 g/mol. The van der Waals surface area contributed by atoms with Gasteiger partial charge in [0.2, 0.25) is 0 Å². The maximum absolute atomic E-state index is 13.4. The fourth-order valence-electron chi connectivity index (χ4n) is 1.36. The molecule has 0 fully saturated rings. The Morgan fingerprint density at radius 1 is 1.20 bits per heavy atom. The van der Waals surface area contributed by atoms with E-state index in [1.54, 1.807) is 0 Å². The van der Waals surface area contributed by atoms with Crippen LogP contribution >= 0.6 is 0 Å². The zero-order chi connectivity index (χ0) is 11.7. The summed E-state index contributed by atoms with van der Waals surface area (Å²) in [6.07, 6.45) is 0. The van der Waals surface area contributed by atoms with Crippen molar-refractivity contribution in [1.29, 1.82) is 0 Å². The van der Waals surface area contributed by atoms with Crippen LogP contribution in [-0.4, -0.2) is 22.2 Å². The van der Waals surface area contributed by atoms with Crippen LogP contribution in [0.1, 0.15) is 31.8 Å². The van der Waals surface area contributed by atoms with Crippen molar-refractivity contribution in [1.82, 2.24) is 0 Å². The Morgan fingerprint density at radius 2 is 1.73 bits per heavy atom. The van der Waals surface area contributed by atoms with E-state index in [0.717, 1.165) is 6.07 Å². The highest BCUT2D eigenvalue weighted by Crippen LogP contribution is 2.21. The largest absolute Gasteiger partial charge is 0.478 e. The summed E-state index contributed by atoms with van der Waals surface area (Å²) >= 11 is 0. The summed E-state index contributed by atoms with van der Waals surface area (Å²) < 4.78 is 13.4. The van der Waals surface area contributed by atoms with E-state index in [2.05, 4.69) is 0 Å². The maximum atomic E-state index is 13.4. The number of aryl methyl sites for hydroxylation is 1. The predicted molar refractivity (Wildman–Crippen MR) is 49.8 cm³/mol. The summed E-state index contributed by atoms with van der Waals surface area (Å²) in [4.78, 5) is 21.5. The van der Waals surface area contributed by atoms with Crippen molar-refractivity contribution < 1.29 is 24.2 Å². The Balaban J connectivity index is 3.63. The number of carboxylic acids is 2. The Bertz CT molecular complexity index is 451. The molecule has 0 bridgehead atoms. The van der Waals surface area contributed by atoms with E-state index in [9.17, 15) is 14.0 Å². The van der Waals surface area contributed by atoms with Gasteiger partial charge in [0.1, 0.15) is 5.82 Å². The number of benzene rings is 1. The molecule has 0 aliphatic heterocycles. The normalized spacial score (nSPS) is 10.1. The topological polar surface area (TPSA) is 74.6 Å². The Morgan fingerprint density at radius 3 is 2.13 bits per heavy atom. The first kappa shape index (κ1) is 11.2. The maximum Gasteiger partial charge on any atom is 0.338 e. The number of carbonyl (C=O) groups is 2. The Hall–Kier alpha value is -1.91. The second-order valence-corrected chi connectivity index (χ2v) is 3.17. The summed E-state index contributed by atoms with van der Waals surface area (Å²) in [5.41, 5.74) is -0.827. The van der Waals surface area contributed by atoms with E-state index in [-0.39, 0.29) is 16.7 Å². The van der Waals surface area contributed by atoms with Gasteiger partial charge in [-0.1, -0.05) is 0 Å². The van der Waals surface area contributed by atoms with Gasteiger partial charge in [-0.2, -0.15) is 0 Å². The lowest BCUT2D eigenvalue weighted by Crippen LogP contribution is -2.11. The van der Waals surface area contributed by atoms with Gasteiger partial charge in [0.15, 0.2) is 0 Å². The average Bonchev–Trinajstić information content (AvgIpc) is 2.10. The molecule has 0 aliphatic rings. The molecule has 0 unspecified atom stereocenters. The van der Waals surface area contributed by atoms with Crippen molar-refractivity contribution >= 4 is 11.9 Å². The van der Waals surface area contributed by atoms with Gasteiger partial charge in [0, 0.05) is 0 Å². The molecule has 0 heterocycles. The van der Waals surface area contributed by atoms with Crippen molar-refractivity contribution in [3.8, 4) is 0 Å². The number of hydrogen-bond donors (Lipinski definition) is 2. The van der Waals surface area contributed by atoms with E-state index in [1.165, 1.54) is 13.8 Å². The van der Waals surface area contributed by atoms with E-state index >= 15 is 0 Å². The molecular formula is C10H9FO4. The van der Waals surface area contributed by atoms with Crippen molar-refractivity contribution in [2.24, 2.45) is 0 Å².